The Morgan fingerprint density at radius 2 is 1.78 bits per heavy atom. The van der Waals surface area contributed by atoms with E-state index in [1.54, 1.807) is 0 Å². The van der Waals surface area contributed by atoms with Crippen LogP contribution in [-0.4, -0.2) is 58.2 Å². The van der Waals surface area contributed by atoms with Gasteiger partial charge in [-0.1, -0.05) is 0 Å². The smallest absolute Gasteiger partial charge is 0.180 e. The SMILES string of the molecule is CC(C)N1CCN(c2ccc(Nc3ncc(-c4ccc5c(c4)C(C)(C)NCO5)n4ccnc34)cc2)CC1. The zero-order valence-electron chi connectivity index (χ0n) is 22.0. The van der Waals surface area contributed by atoms with Crippen molar-refractivity contribution < 1.29 is 4.74 Å². The first kappa shape index (κ1) is 23.8. The van der Waals surface area contributed by atoms with Crippen LogP contribution in [0.3, 0.4) is 0 Å². The highest BCUT2D eigenvalue weighted by Gasteiger charge is 2.28. The van der Waals surface area contributed by atoms with Crippen LogP contribution in [0.4, 0.5) is 17.2 Å². The molecule has 1 fully saturated rings. The van der Waals surface area contributed by atoms with Gasteiger partial charge in [0, 0.05) is 72.7 Å². The number of piperazine rings is 1. The zero-order valence-corrected chi connectivity index (χ0v) is 22.0. The fourth-order valence-electron chi connectivity index (χ4n) is 5.30. The molecule has 8 heteroatoms. The third kappa shape index (κ3) is 4.51. The van der Waals surface area contributed by atoms with Gasteiger partial charge in [-0.3, -0.25) is 14.6 Å². The molecule has 37 heavy (non-hydrogen) atoms. The van der Waals surface area contributed by atoms with E-state index in [2.05, 4.69) is 93.9 Å². The molecule has 2 N–H and O–H groups in total. The van der Waals surface area contributed by atoms with Crippen LogP contribution in [0.1, 0.15) is 33.3 Å². The molecule has 2 aromatic heterocycles. The molecule has 0 radical (unpaired) electrons. The molecule has 0 amide bonds. The number of imidazole rings is 1. The molecule has 4 aromatic rings. The van der Waals surface area contributed by atoms with Crippen molar-refractivity contribution in [3.05, 3.63) is 66.6 Å². The number of aromatic nitrogens is 3. The Morgan fingerprint density at radius 1 is 1.00 bits per heavy atom. The Balaban J connectivity index is 1.23. The molecule has 0 aliphatic carbocycles. The van der Waals surface area contributed by atoms with Crippen molar-refractivity contribution in [2.24, 2.45) is 0 Å². The van der Waals surface area contributed by atoms with Gasteiger partial charge >= 0.3 is 0 Å². The second-order valence-electron chi connectivity index (χ2n) is 10.7. The summed E-state index contributed by atoms with van der Waals surface area (Å²) in [6.07, 6.45) is 5.71. The summed E-state index contributed by atoms with van der Waals surface area (Å²) in [5, 5.41) is 6.90. The molecular weight excluding hydrogens is 462 g/mol. The summed E-state index contributed by atoms with van der Waals surface area (Å²) in [5.41, 5.74) is 6.07. The van der Waals surface area contributed by atoms with Crippen molar-refractivity contribution >= 4 is 22.8 Å². The lowest BCUT2D eigenvalue weighted by atomic mass is 9.90. The van der Waals surface area contributed by atoms with E-state index < -0.39 is 0 Å². The molecule has 0 unspecified atom stereocenters. The second-order valence-corrected chi connectivity index (χ2v) is 10.7. The quantitative estimate of drug-likeness (QED) is 0.409. The number of ether oxygens (including phenoxy) is 1. The Hall–Kier alpha value is -3.62. The average Bonchev–Trinajstić information content (AvgIpc) is 3.40. The van der Waals surface area contributed by atoms with Crippen LogP contribution in [0.25, 0.3) is 16.9 Å². The standard InChI is InChI=1S/C29H35N7O/c1-20(2)34-13-15-35(16-14-34)23-8-6-22(7-9-23)33-27-28-30-11-12-36(28)25(18-31-27)21-5-10-26-24(17-21)29(3,4)32-19-37-26/h5-12,17-18,20,32H,13-16,19H2,1-4H3,(H,31,33). The monoisotopic (exact) mass is 497 g/mol. The van der Waals surface area contributed by atoms with Crippen LogP contribution in [0.5, 0.6) is 5.75 Å². The van der Waals surface area contributed by atoms with Crippen LogP contribution in [0, 0.1) is 0 Å². The number of hydrogen-bond acceptors (Lipinski definition) is 7. The van der Waals surface area contributed by atoms with E-state index in [1.807, 2.05) is 24.7 Å². The Labute approximate surface area is 218 Å². The number of hydrogen-bond donors (Lipinski definition) is 2. The van der Waals surface area contributed by atoms with Gasteiger partial charge in [0.25, 0.3) is 0 Å². The largest absolute Gasteiger partial charge is 0.478 e. The number of fused-ring (bicyclic) bond motifs is 2. The molecule has 0 spiro atoms. The Kier molecular flexibility index (Phi) is 6.01. The second kappa shape index (κ2) is 9.36. The van der Waals surface area contributed by atoms with Gasteiger partial charge in [0.1, 0.15) is 12.5 Å². The van der Waals surface area contributed by atoms with Crippen molar-refractivity contribution in [1.82, 2.24) is 24.6 Å². The molecule has 192 valence electrons. The summed E-state index contributed by atoms with van der Waals surface area (Å²) in [6, 6.07) is 15.6. The topological polar surface area (TPSA) is 70.0 Å². The number of benzene rings is 2. The van der Waals surface area contributed by atoms with E-state index in [9.17, 15) is 0 Å². The van der Waals surface area contributed by atoms with Crippen LogP contribution < -0.4 is 20.3 Å². The van der Waals surface area contributed by atoms with Crippen LogP contribution in [0.15, 0.2) is 61.1 Å². The lowest BCUT2D eigenvalue weighted by molar-refractivity contribution is 0.191. The third-order valence-corrected chi connectivity index (χ3v) is 7.66. The first-order valence-electron chi connectivity index (χ1n) is 13.1. The molecular formula is C29H35N7O. The van der Waals surface area contributed by atoms with Crippen molar-refractivity contribution in [2.45, 2.75) is 39.3 Å². The maximum atomic E-state index is 5.81. The lowest BCUT2D eigenvalue weighted by Crippen LogP contribution is -2.48. The molecule has 4 heterocycles. The molecule has 2 aliphatic heterocycles. The molecule has 8 nitrogen and oxygen atoms in total. The molecule has 6 rings (SSSR count). The van der Waals surface area contributed by atoms with E-state index >= 15 is 0 Å². The van der Waals surface area contributed by atoms with Crippen LogP contribution in [0.2, 0.25) is 0 Å². The summed E-state index contributed by atoms with van der Waals surface area (Å²) < 4.78 is 7.90. The molecule has 0 bridgehead atoms. The van der Waals surface area contributed by atoms with E-state index in [1.165, 1.54) is 5.69 Å². The van der Waals surface area contributed by atoms with Gasteiger partial charge in [-0.2, -0.15) is 0 Å². The zero-order chi connectivity index (χ0) is 25.6. The summed E-state index contributed by atoms with van der Waals surface area (Å²) in [5.74, 6) is 1.65. The van der Waals surface area contributed by atoms with Gasteiger partial charge in [0.05, 0.1) is 11.9 Å². The summed E-state index contributed by atoms with van der Waals surface area (Å²) >= 11 is 0. The van der Waals surface area contributed by atoms with Gasteiger partial charge in [0.15, 0.2) is 11.5 Å². The number of nitrogens with one attached hydrogen (secondary N) is 2. The van der Waals surface area contributed by atoms with E-state index in [-0.39, 0.29) is 5.54 Å². The van der Waals surface area contributed by atoms with E-state index in [0.717, 1.165) is 65.9 Å². The molecule has 1 saturated heterocycles. The summed E-state index contributed by atoms with van der Waals surface area (Å²) in [6.45, 7) is 13.7. The van der Waals surface area contributed by atoms with Crippen molar-refractivity contribution in [3.8, 4) is 17.0 Å². The highest BCUT2D eigenvalue weighted by atomic mass is 16.5. The summed E-state index contributed by atoms with van der Waals surface area (Å²) in [4.78, 5) is 14.4. The van der Waals surface area contributed by atoms with Gasteiger partial charge in [0.2, 0.25) is 0 Å². The minimum atomic E-state index is -0.166. The maximum absolute atomic E-state index is 5.81. The fraction of sp³-hybridized carbons (Fsp3) is 0.379. The predicted octanol–water partition coefficient (Wildman–Crippen LogP) is 4.84. The minimum absolute atomic E-state index is 0.166. The average molecular weight is 498 g/mol. The summed E-state index contributed by atoms with van der Waals surface area (Å²) in [7, 11) is 0. The van der Waals surface area contributed by atoms with E-state index in [0.29, 0.717) is 12.8 Å². The van der Waals surface area contributed by atoms with E-state index in [4.69, 9.17) is 9.72 Å². The van der Waals surface area contributed by atoms with Crippen LogP contribution >= 0.6 is 0 Å². The first-order valence-corrected chi connectivity index (χ1v) is 13.1. The lowest BCUT2D eigenvalue weighted by Gasteiger charge is -2.38. The van der Waals surface area contributed by atoms with Gasteiger partial charge < -0.3 is 15.0 Å². The van der Waals surface area contributed by atoms with Crippen LogP contribution in [-0.2, 0) is 5.54 Å². The number of rotatable bonds is 5. The highest BCUT2D eigenvalue weighted by molar-refractivity contribution is 5.75. The Bertz CT molecular complexity index is 1400. The minimum Gasteiger partial charge on any atom is -0.478 e. The number of nitrogens with zero attached hydrogens (tertiary/aromatic N) is 5. The Morgan fingerprint density at radius 3 is 2.54 bits per heavy atom. The normalized spacial score (nSPS) is 17.6. The third-order valence-electron chi connectivity index (χ3n) is 7.66. The van der Waals surface area contributed by atoms with Crippen molar-refractivity contribution in [1.29, 1.82) is 0 Å². The van der Waals surface area contributed by atoms with Gasteiger partial charge in [-0.05, 0) is 70.2 Å². The van der Waals surface area contributed by atoms with Gasteiger partial charge in [-0.15, -0.1) is 0 Å². The maximum Gasteiger partial charge on any atom is 0.180 e. The van der Waals surface area contributed by atoms with Crippen molar-refractivity contribution in [2.75, 3.05) is 43.1 Å². The van der Waals surface area contributed by atoms with Gasteiger partial charge in [-0.25, -0.2) is 9.97 Å². The number of anilines is 3. The molecule has 2 aromatic carbocycles. The van der Waals surface area contributed by atoms with Crippen molar-refractivity contribution in [3.63, 3.8) is 0 Å². The molecule has 2 aliphatic rings. The first-order chi connectivity index (χ1) is 17.9. The molecule has 0 saturated carbocycles. The molecule has 0 atom stereocenters. The fourth-order valence-corrected chi connectivity index (χ4v) is 5.30. The predicted molar refractivity (Wildman–Crippen MR) is 149 cm³/mol. The highest BCUT2D eigenvalue weighted by Crippen LogP contribution is 2.36.